The molecule has 1 atom stereocenters. The van der Waals surface area contributed by atoms with Gasteiger partial charge in [0, 0.05) is 5.75 Å². The van der Waals surface area contributed by atoms with Crippen molar-refractivity contribution in [2.24, 2.45) is 0 Å². The minimum atomic E-state index is 0.229. The van der Waals surface area contributed by atoms with Crippen molar-refractivity contribution in [3.05, 3.63) is 0 Å². The van der Waals surface area contributed by atoms with Crippen LogP contribution < -0.4 is 0 Å². The van der Waals surface area contributed by atoms with Gasteiger partial charge in [-0.15, -0.1) is 0 Å². The molecule has 1 rings (SSSR count). The van der Waals surface area contributed by atoms with Gasteiger partial charge in [-0.05, 0) is 0 Å². The third kappa shape index (κ3) is 1.65. The summed E-state index contributed by atoms with van der Waals surface area (Å²) in [6.45, 7) is 2.18. The van der Waals surface area contributed by atoms with Crippen LogP contribution in [-0.4, -0.2) is 31.7 Å². The van der Waals surface area contributed by atoms with E-state index in [1.165, 1.54) is 0 Å². The van der Waals surface area contributed by atoms with Gasteiger partial charge in [-0.25, -0.2) is 0 Å². The van der Waals surface area contributed by atoms with Gasteiger partial charge in [0.1, 0.15) is 0 Å². The van der Waals surface area contributed by atoms with Crippen LogP contribution in [-0.2, 0) is 9.47 Å². The molecule has 0 bridgehead atoms. The first-order valence-corrected chi connectivity index (χ1v) is 3.37. The fourth-order valence-electron chi connectivity index (χ4n) is 0.642. The predicted molar refractivity (Wildman–Crippen MR) is 34.4 cm³/mol. The molecule has 0 aromatic carbocycles. The Bertz CT molecular complexity index is 61.4. The second-order valence-electron chi connectivity index (χ2n) is 1.75. The van der Waals surface area contributed by atoms with E-state index in [-0.39, 0.29) is 6.10 Å². The van der Waals surface area contributed by atoms with Crippen molar-refractivity contribution in [3.8, 4) is 0 Å². The fourth-order valence-corrected chi connectivity index (χ4v) is 0.853. The van der Waals surface area contributed by atoms with Gasteiger partial charge in [0.05, 0.1) is 25.9 Å². The normalized spacial score (nSPS) is 30.4. The van der Waals surface area contributed by atoms with Gasteiger partial charge >= 0.3 is 0 Å². The van der Waals surface area contributed by atoms with Gasteiger partial charge in [0.2, 0.25) is 0 Å². The average molecular weight is 134 g/mol. The Balaban J connectivity index is 2.13. The van der Waals surface area contributed by atoms with E-state index >= 15 is 0 Å². The van der Waals surface area contributed by atoms with Crippen LogP contribution in [0.3, 0.4) is 0 Å². The van der Waals surface area contributed by atoms with Crippen molar-refractivity contribution >= 4 is 12.6 Å². The summed E-state index contributed by atoms with van der Waals surface area (Å²) >= 11 is 4.06. The summed E-state index contributed by atoms with van der Waals surface area (Å²) < 4.78 is 10.3. The summed E-state index contributed by atoms with van der Waals surface area (Å²) in [5, 5.41) is 0. The molecule has 1 saturated heterocycles. The van der Waals surface area contributed by atoms with Gasteiger partial charge in [-0.2, -0.15) is 12.6 Å². The molecule has 0 saturated carbocycles. The molecule has 0 aromatic heterocycles. The third-order valence-electron chi connectivity index (χ3n) is 1.09. The second kappa shape index (κ2) is 3.33. The monoisotopic (exact) mass is 134 g/mol. The van der Waals surface area contributed by atoms with Crippen LogP contribution in [0.2, 0.25) is 0 Å². The van der Waals surface area contributed by atoms with Crippen LogP contribution in [0.1, 0.15) is 0 Å². The van der Waals surface area contributed by atoms with E-state index in [2.05, 4.69) is 12.6 Å². The Labute approximate surface area is 54.6 Å². The summed E-state index contributed by atoms with van der Waals surface area (Å²) in [7, 11) is 0. The number of rotatable bonds is 1. The van der Waals surface area contributed by atoms with Crippen LogP contribution in [0, 0.1) is 0 Å². The van der Waals surface area contributed by atoms with E-state index in [1.54, 1.807) is 0 Å². The molecule has 8 heavy (non-hydrogen) atoms. The van der Waals surface area contributed by atoms with E-state index in [0.717, 1.165) is 19.0 Å². The molecule has 0 amide bonds. The largest absolute Gasteiger partial charge is 0.376 e. The molecule has 0 radical (unpaired) electrons. The Morgan fingerprint density at radius 3 is 2.75 bits per heavy atom. The zero-order chi connectivity index (χ0) is 5.82. The summed E-state index contributed by atoms with van der Waals surface area (Å²) in [6, 6.07) is 0. The first-order valence-electron chi connectivity index (χ1n) is 2.73. The molecule has 48 valence electrons. The minimum Gasteiger partial charge on any atom is -0.376 e. The molecule has 1 fully saturated rings. The molecule has 0 aliphatic carbocycles. The van der Waals surface area contributed by atoms with Crippen LogP contribution in [0.5, 0.6) is 0 Å². The molecule has 1 aliphatic rings. The third-order valence-corrected chi connectivity index (χ3v) is 1.50. The van der Waals surface area contributed by atoms with E-state index < -0.39 is 0 Å². The topological polar surface area (TPSA) is 18.5 Å². The molecular weight excluding hydrogens is 124 g/mol. The molecule has 1 aliphatic heterocycles. The smallest absolute Gasteiger partial charge is 0.0897 e. The number of hydrogen-bond donors (Lipinski definition) is 1. The van der Waals surface area contributed by atoms with E-state index in [0.29, 0.717) is 6.61 Å². The molecular formula is C5H10O2S. The van der Waals surface area contributed by atoms with E-state index in [9.17, 15) is 0 Å². The van der Waals surface area contributed by atoms with E-state index in [4.69, 9.17) is 9.47 Å². The van der Waals surface area contributed by atoms with Crippen LogP contribution in [0.25, 0.3) is 0 Å². The Hall–Kier alpha value is 0.270. The second-order valence-corrected chi connectivity index (χ2v) is 2.12. The number of ether oxygens (including phenoxy) is 2. The predicted octanol–water partition coefficient (Wildman–Crippen LogP) is 0.332. The van der Waals surface area contributed by atoms with Crippen molar-refractivity contribution in [1.29, 1.82) is 0 Å². The van der Waals surface area contributed by atoms with Crippen LogP contribution in [0.15, 0.2) is 0 Å². The maximum absolute atomic E-state index is 5.23. The van der Waals surface area contributed by atoms with Gasteiger partial charge in [-0.3, -0.25) is 0 Å². The average Bonchev–Trinajstić information content (AvgIpc) is 1.90. The number of thiol groups is 1. The zero-order valence-electron chi connectivity index (χ0n) is 4.67. The highest BCUT2D eigenvalue weighted by Gasteiger charge is 2.10. The van der Waals surface area contributed by atoms with Gasteiger partial charge in [-0.1, -0.05) is 0 Å². The highest BCUT2D eigenvalue weighted by atomic mass is 32.1. The highest BCUT2D eigenvalue weighted by molar-refractivity contribution is 7.80. The van der Waals surface area contributed by atoms with Crippen LogP contribution >= 0.6 is 12.6 Å². The maximum atomic E-state index is 5.23. The lowest BCUT2D eigenvalue weighted by Gasteiger charge is -2.20. The lowest BCUT2D eigenvalue weighted by Crippen LogP contribution is -2.29. The highest BCUT2D eigenvalue weighted by Crippen LogP contribution is 2.00. The fraction of sp³-hybridized carbons (Fsp3) is 1.00. The molecule has 1 heterocycles. The maximum Gasteiger partial charge on any atom is 0.0897 e. The summed E-state index contributed by atoms with van der Waals surface area (Å²) in [5.41, 5.74) is 0. The van der Waals surface area contributed by atoms with Gasteiger partial charge in [0.25, 0.3) is 0 Å². The molecule has 0 aromatic rings. The van der Waals surface area contributed by atoms with Crippen molar-refractivity contribution in [2.45, 2.75) is 6.10 Å². The van der Waals surface area contributed by atoms with Gasteiger partial charge in [0.15, 0.2) is 0 Å². The Morgan fingerprint density at radius 2 is 2.38 bits per heavy atom. The summed E-state index contributed by atoms with van der Waals surface area (Å²) in [5.74, 6) is 0.764. The summed E-state index contributed by atoms with van der Waals surface area (Å²) in [4.78, 5) is 0. The molecule has 3 heteroatoms. The lowest BCUT2D eigenvalue weighted by atomic mass is 10.4. The summed E-state index contributed by atoms with van der Waals surface area (Å²) in [6.07, 6.45) is 0.229. The molecule has 2 nitrogen and oxygen atoms in total. The Kier molecular flexibility index (Phi) is 2.66. The zero-order valence-corrected chi connectivity index (χ0v) is 5.56. The first kappa shape index (κ1) is 6.39. The van der Waals surface area contributed by atoms with Crippen molar-refractivity contribution in [1.82, 2.24) is 0 Å². The van der Waals surface area contributed by atoms with Crippen molar-refractivity contribution < 1.29 is 9.47 Å². The van der Waals surface area contributed by atoms with Crippen molar-refractivity contribution in [3.63, 3.8) is 0 Å². The standard InChI is InChI=1S/C5H10O2S/c8-4-5-3-6-1-2-7-5/h5,8H,1-4H2. The van der Waals surface area contributed by atoms with E-state index in [1.807, 2.05) is 0 Å². The molecule has 0 N–H and O–H groups in total. The van der Waals surface area contributed by atoms with Crippen molar-refractivity contribution in [2.75, 3.05) is 25.6 Å². The van der Waals surface area contributed by atoms with Gasteiger partial charge < -0.3 is 9.47 Å². The van der Waals surface area contributed by atoms with Crippen LogP contribution in [0.4, 0.5) is 0 Å². The first-order chi connectivity index (χ1) is 3.93. The molecule has 0 spiro atoms. The molecule has 1 unspecified atom stereocenters. The number of hydrogen-bond acceptors (Lipinski definition) is 3. The lowest BCUT2D eigenvalue weighted by molar-refractivity contribution is -0.0775. The quantitative estimate of drug-likeness (QED) is 0.521. The SMILES string of the molecule is SCC1COCCO1. The minimum absolute atomic E-state index is 0.229. The Morgan fingerprint density at radius 1 is 1.50 bits per heavy atom.